The van der Waals surface area contributed by atoms with E-state index in [-0.39, 0.29) is 23.4 Å². The Morgan fingerprint density at radius 1 is 0.861 bits per heavy atom. The van der Waals surface area contributed by atoms with Crippen LogP contribution >= 0.6 is 11.6 Å². The molecule has 0 fully saturated rings. The first-order chi connectivity index (χ1) is 17.4. The molecule has 0 atom stereocenters. The first-order valence-corrected chi connectivity index (χ1v) is 11.5. The van der Waals surface area contributed by atoms with Crippen LogP contribution in [0.2, 0.25) is 5.02 Å². The van der Waals surface area contributed by atoms with E-state index in [0.717, 1.165) is 5.56 Å². The quantitative estimate of drug-likeness (QED) is 0.161. The molecule has 0 aliphatic heterocycles. The molecule has 0 spiro atoms. The number of nitrogens with two attached hydrogens (primary N) is 1. The summed E-state index contributed by atoms with van der Waals surface area (Å²) in [7, 11) is 0. The van der Waals surface area contributed by atoms with Crippen molar-refractivity contribution in [2.75, 3.05) is 11.1 Å². The molecule has 0 saturated carbocycles. The van der Waals surface area contributed by atoms with Gasteiger partial charge in [-0.25, -0.2) is 4.39 Å². The third kappa shape index (κ3) is 6.17. The number of halogens is 2. The highest BCUT2D eigenvalue weighted by Crippen LogP contribution is 2.24. The number of anilines is 2. The van der Waals surface area contributed by atoms with Gasteiger partial charge in [-0.2, -0.15) is 0 Å². The molecule has 4 aromatic carbocycles. The van der Waals surface area contributed by atoms with Crippen LogP contribution in [0.3, 0.4) is 0 Å². The molecule has 0 aromatic heterocycles. The number of nitrogen functional groups attached to an aromatic ring is 1. The van der Waals surface area contributed by atoms with E-state index in [1.54, 1.807) is 54.6 Å². The highest BCUT2D eigenvalue weighted by molar-refractivity contribution is 6.33. The second-order valence-electron chi connectivity index (χ2n) is 8.01. The summed E-state index contributed by atoms with van der Waals surface area (Å²) in [6, 6.07) is 27.1. The van der Waals surface area contributed by atoms with Crippen molar-refractivity contribution in [3.05, 3.63) is 130 Å². The summed E-state index contributed by atoms with van der Waals surface area (Å²) in [5, 5.41) is 5.90. The van der Waals surface area contributed by atoms with E-state index in [4.69, 9.17) is 17.3 Å². The first kappa shape index (κ1) is 24.7. The SMILES string of the molecule is Nc1ccccc1NC(=O)c1ccc(CNC(=O)/C(=C/c2ccc(F)cc2Cl)c2ccccc2)cc1. The molecule has 0 heterocycles. The number of carbonyl (C=O) groups is 2. The molecule has 0 radical (unpaired) electrons. The zero-order chi connectivity index (χ0) is 25.5. The number of rotatable bonds is 7. The third-order valence-corrected chi connectivity index (χ3v) is 5.80. The van der Waals surface area contributed by atoms with Crippen molar-refractivity contribution in [1.82, 2.24) is 5.32 Å². The maximum atomic E-state index is 13.5. The normalized spacial score (nSPS) is 11.1. The molecular formula is C29H23ClFN3O2. The van der Waals surface area contributed by atoms with Crippen molar-refractivity contribution in [2.45, 2.75) is 6.54 Å². The molecule has 7 heteroatoms. The zero-order valence-electron chi connectivity index (χ0n) is 19.2. The minimum Gasteiger partial charge on any atom is -0.397 e. The minimum absolute atomic E-state index is 0.211. The maximum absolute atomic E-state index is 13.5. The van der Waals surface area contributed by atoms with Crippen LogP contribution in [-0.2, 0) is 11.3 Å². The highest BCUT2D eigenvalue weighted by Gasteiger charge is 2.14. The number of para-hydroxylation sites is 2. The zero-order valence-corrected chi connectivity index (χ0v) is 19.9. The van der Waals surface area contributed by atoms with Gasteiger partial charge in [-0.05, 0) is 59.2 Å². The van der Waals surface area contributed by atoms with Crippen LogP contribution < -0.4 is 16.4 Å². The smallest absolute Gasteiger partial charge is 0.255 e. The second kappa shape index (κ2) is 11.3. The largest absolute Gasteiger partial charge is 0.397 e. The van der Waals surface area contributed by atoms with Gasteiger partial charge in [-0.3, -0.25) is 9.59 Å². The van der Waals surface area contributed by atoms with Crippen molar-refractivity contribution in [2.24, 2.45) is 0 Å². The van der Waals surface area contributed by atoms with Gasteiger partial charge in [0.05, 0.1) is 16.4 Å². The van der Waals surface area contributed by atoms with Crippen LogP contribution in [0.1, 0.15) is 27.0 Å². The summed E-state index contributed by atoms with van der Waals surface area (Å²) in [6.45, 7) is 0.244. The number of carbonyl (C=O) groups excluding carboxylic acids is 2. The molecule has 2 amide bonds. The Kier molecular flexibility index (Phi) is 7.78. The van der Waals surface area contributed by atoms with E-state index in [2.05, 4.69) is 10.6 Å². The van der Waals surface area contributed by atoms with Crippen LogP contribution in [-0.4, -0.2) is 11.8 Å². The third-order valence-electron chi connectivity index (χ3n) is 5.47. The average Bonchev–Trinajstić information content (AvgIpc) is 2.89. The van der Waals surface area contributed by atoms with E-state index in [1.807, 2.05) is 30.3 Å². The van der Waals surface area contributed by atoms with E-state index in [9.17, 15) is 14.0 Å². The molecule has 0 aliphatic carbocycles. The van der Waals surface area contributed by atoms with Crippen LogP contribution in [0.5, 0.6) is 0 Å². The molecule has 4 N–H and O–H groups in total. The molecule has 5 nitrogen and oxygen atoms in total. The van der Waals surface area contributed by atoms with Crippen LogP contribution in [0.4, 0.5) is 15.8 Å². The Morgan fingerprint density at radius 2 is 1.56 bits per heavy atom. The summed E-state index contributed by atoms with van der Waals surface area (Å²) in [6.07, 6.45) is 1.63. The predicted molar refractivity (Wildman–Crippen MR) is 143 cm³/mol. The van der Waals surface area contributed by atoms with E-state index >= 15 is 0 Å². The molecular weight excluding hydrogens is 477 g/mol. The fourth-order valence-corrected chi connectivity index (χ4v) is 3.75. The van der Waals surface area contributed by atoms with E-state index in [0.29, 0.717) is 33.6 Å². The fraction of sp³-hybridized carbons (Fsp3) is 0.0345. The van der Waals surface area contributed by atoms with Gasteiger partial charge in [-0.15, -0.1) is 0 Å². The molecule has 0 bridgehead atoms. The Balaban J connectivity index is 1.47. The standard InChI is InChI=1S/C29H23ClFN3O2/c30-25-17-23(31)15-14-22(25)16-24(20-6-2-1-3-7-20)29(36)33-18-19-10-12-21(13-11-19)28(35)34-27-9-5-4-8-26(27)32/h1-17H,18,32H2,(H,33,36)(H,34,35)/b24-16+. The number of nitrogens with one attached hydrogen (secondary N) is 2. The van der Waals surface area contributed by atoms with Gasteiger partial charge in [0.2, 0.25) is 0 Å². The van der Waals surface area contributed by atoms with E-state index in [1.165, 1.54) is 18.2 Å². The summed E-state index contributed by atoms with van der Waals surface area (Å²) in [5.41, 5.74) is 9.80. The lowest BCUT2D eigenvalue weighted by Gasteiger charge is -2.11. The van der Waals surface area contributed by atoms with Crippen molar-refractivity contribution in [3.8, 4) is 0 Å². The lowest BCUT2D eigenvalue weighted by molar-refractivity contribution is -0.115. The van der Waals surface area contributed by atoms with Crippen LogP contribution in [0, 0.1) is 5.82 Å². The van der Waals surface area contributed by atoms with Gasteiger partial charge >= 0.3 is 0 Å². The lowest BCUT2D eigenvalue weighted by atomic mass is 10.0. The number of hydrogen-bond donors (Lipinski definition) is 3. The fourth-order valence-electron chi connectivity index (χ4n) is 3.53. The van der Waals surface area contributed by atoms with E-state index < -0.39 is 5.82 Å². The molecule has 36 heavy (non-hydrogen) atoms. The number of hydrogen-bond acceptors (Lipinski definition) is 3. The topological polar surface area (TPSA) is 84.2 Å². The first-order valence-electron chi connectivity index (χ1n) is 11.2. The van der Waals surface area contributed by atoms with Gasteiger partial charge in [0.1, 0.15) is 5.82 Å². The molecule has 4 aromatic rings. The summed E-state index contributed by atoms with van der Waals surface area (Å²) in [4.78, 5) is 25.7. The highest BCUT2D eigenvalue weighted by atomic mass is 35.5. The number of amides is 2. The lowest BCUT2D eigenvalue weighted by Crippen LogP contribution is -2.24. The summed E-state index contributed by atoms with van der Waals surface area (Å²) < 4.78 is 13.5. The van der Waals surface area contributed by atoms with Crippen molar-refractivity contribution < 1.29 is 14.0 Å². The number of benzene rings is 4. The Hall–Kier alpha value is -4.42. The van der Waals surface area contributed by atoms with Crippen LogP contribution in [0.15, 0.2) is 97.1 Å². The predicted octanol–water partition coefficient (Wildman–Crippen LogP) is 6.17. The Labute approximate surface area is 213 Å². The van der Waals surface area contributed by atoms with Gasteiger partial charge < -0.3 is 16.4 Å². The van der Waals surface area contributed by atoms with Gasteiger partial charge in [-0.1, -0.05) is 72.3 Å². The summed E-state index contributed by atoms with van der Waals surface area (Å²) >= 11 is 6.18. The maximum Gasteiger partial charge on any atom is 0.255 e. The van der Waals surface area contributed by atoms with Crippen molar-refractivity contribution in [1.29, 1.82) is 0 Å². The molecule has 0 saturated heterocycles. The van der Waals surface area contributed by atoms with Gasteiger partial charge in [0.15, 0.2) is 0 Å². The molecule has 4 rings (SSSR count). The summed E-state index contributed by atoms with van der Waals surface area (Å²) in [5.74, 6) is -1.05. The Morgan fingerprint density at radius 3 is 2.25 bits per heavy atom. The molecule has 0 unspecified atom stereocenters. The second-order valence-corrected chi connectivity index (χ2v) is 8.42. The van der Waals surface area contributed by atoms with Gasteiger partial charge in [0.25, 0.3) is 11.8 Å². The van der Waals surface area contributed by atoms with Crippen molar-refractivity contribution >= 4 is 46.4 Å². The van der Waals surface area contributed by atoms with Crippen molar-refractivity contribution in [3.63, 3.8) is 0 Å². The van der Waals surface area contributed by atoms with Crippen LogP contribution in [0.25, 0.3) is 11.6 Å². The monoisotopic (exact) mass is 499 g/mol. The minimum atomic E-state index is -0.452. The average molecular weight is 500 g/mol. The molecule has 180 valence electrons. The Bertz CT molecular complexity index is 1420. The molecule has 0 aliphatic rings. The van der Waals surface area contributed by atoms with Gasteiger partial charge in [0, 0.05) is 17.7 Å².